The van der Waals surface area contributed by atoms with E-state index in [2.05, 4.69) is 15.6 Å². The summed E-state index contributed by atoms with van der Waals surface area (Å²) in [6.07, 6.45) is 0. The van der Waals surface area contributed by atoms with E-state index in [4.69, 9.17) is 4.74 Å². The van der Waals surface area contributed by atoms with Crippen molar-refractivity contribution >= 4 is 23.3 Å². The van der Waals surface area contributed by atoms with Crippen molar-refractivity contribution in [1.82, 2.24) is 10.3 Å². The van der Waals surface area contributed by atoms with E-state index in [1.54, 1.807) is 26.0 Å². The van der Waals surface area contributed by atoms with Crippen LogP contribution in [0.2, 0.25) is 0 Å². The van der Waals surface area contributed by atoms with Crippen molar-refractivity contribution in [2.24, 2.45) is 0 Å². The third kappa shape index (κ3) is 3.55. The van der Waals surface area contributed by atoms with E-state index in [0.29, 0.717) is 39.5 Å². The molecule has 0 spiro atoms. The molecular weight excluding hydrogens is 322 g/mol. The van der Waals surface area contributed by atoms with Gasteiger partial charge in [0.25, 0.3) is 11.8 Å². The second kappa shape index (κ2) is 7.21. The van der Waals surface area contributed by atoms with E-state index < -0.39 is 5.91 Å². The number of aromatic nitrogens is 1. The summed E-state index contributed by atoms with van der Waals surface area (Å²) in [5.41, 5.74) is 2.79. The highest BCUT2D eigenvalue weighted by Crippen LogP contribution is 2.27. The zero-order valence-corrected chi connectivity index (χ0v) is 14.9. The van der Waals surface area contributed by atoms with Gasteiger partial charge in [-0.3, -0.25) is 14.4 Å². The van der Waals surface area contributed by atoms with Gasteiger partial charge in [0, 0.05) is 23.9 Å². The lowest BCUT2D eigenvalue weighted by Gasteiger charge is -2.12. The molecule has 2 rings (SSSR count). The highest BCUT2D eigenvalue weighted by molar-refractivity contribution is 6.08. The average Bonchev–Trinajstić information content (AvgIpc) is 2.88. The number of anilines is 1. The van der Waals surface area contributed by atoms with E-state index in [9.17, 15) is 14.4 Å². The summed E-state index contributed by atoms with van der Waals surface area (Å²) in [4.78, 5) is 39.1. The maximum absolute atomic E-state index is 12.6. The molecular formula is C18H21N3O4. The molecule has 0 aliphatic heterocycles. The number of rotatable bonds is 5. The summed E-state index contributed by atoms with van der Waals surface area (Å²) in [7, 11) is 3.00. The highest BCUT2D eigenvalue weighted by atomic mass is 16.5. The summed E-state index contributed by atoms with van der Waals surface area (Å²) in [5, 5.41) is 5.26. The van der Waals surface area contributed by atoms with Crippen LogP contribution >= 0.6 is 0 Å². The Morgan fingerprint density at radius 2 is 1.80 bits per heavy atom. The number of ketones is 1. The Morgan fingerprint density at radius 3 is 2.32 bits per heavy atom. The largest absolute Gasteiger partial charge is 0.495 e. The minimum absolute atomic E-state index is 0.107. The molecule has 132 valence electrons. The van der Waals surface area contributed by atoms with Gasteiger partial charge in [-0.25, -0.2) is 0 Å². The van der Waals surface area contributed by atoms with Crippen molar-refractivity contribution in [3.63, 3.8) is 0 Å². The maximum atomic E-state index is 12.6. The maximum Gasteiger partial charge on any atom is 0.272 e. The van der Waals surface area contributed by atoms with Gasteiger partial charge >= 0.3 is 0 Å². The standard InChI is InChI=1S/C18H21N3O4/c1-9-15(11(3)22)10(2)20-16(9)18(24)21-13-8-12(17(23)19-4)6-7-14(13)25-5/h6-8,20H,1-5H3,(H,19,23)(H,21,24). The van der Waals surface area contributed by atoms with Crippen LogP contribution in [0.1, 0.15) is 49.4 Å². The lowest BCUT2D eigenvalue weighted by molar-refractivity contribution is 0.0960. The van der Waals surface area contributed by atoms with Crippen LogP contribution in [0.3, 0.4) is 0 Å². The van der Waals surface area contributed by atoms with Gasteiger partial charge in [0.2, 0.25) is 0 Å². The molecule has 3 N–H and O–H groups in total. The van der Waals surface area contributed by atoms with Crippen molar-refractivity contribution in [3.8, 4) is 5.75 Å². The molecule has 25 heavy (non-hydrogen) atoms. The van der Waals surface area contributed by atoms with E-state index in [-0.39, 0.29) is 11.7 Å². The Bertz CT molecular complexity index is 852. The fourth-order valence-corrected chi connectivity index (χ4v) is 2.78. The Hall–Kier alpha value is -3.09. The van der Waals surface area contributed by atoms with E-state index in [0.717, 1.165) is 0 Å². The Kier molecular flexibility index (Phi) is 5.26. The van der Waals surface area contributed by atoms with Gasteiger partial charge in [0.05, 0.1) is 12.8 Å². The van der Waals surface area contributed by atoms with E-state index >= 15 is 0 Å². The molecule has 1 heterocycles. The van der Waals surface area contributed by atoms with Crippen LogP contribution in [0, 0.1) is 13.8 Å². The Balaban J connectivity index is 2.39. The zero-order chi connectivity index (χ0) is 18.7. The fraction of sp³-hybridized carbons (Fsp3) is 0.278. The van der Waals surface area contributed by atoms with Crippen LogP contribution in [0.15, 0.2) is 18.2 Å². The number of carbonyl (C=O) groups excluding carboxylic acids is 3. The minimum Gasteiger partial charge on any atom is -0.495 e. The normalized spacial score (nSPS) is 10.3. The van der Waals surface area contributed by atoms with Crippen LogP contribution in [-0.4, -0.2) is 36.7 Å². The van der Waals surface area contributed by atoms with Gasteiger partial charge < -0.3 is 20.4 Å². The molecule has 2 aromatic rings. The van der Waals surface area contributed by atoms with Gasteiger partial charge in [-0.2, -0.15) is 0 Å². The number of Topliss-reactive ketones (excluding diaryl/α,β-unsaturated/α-hetero) is 1. The van der Waals surface area contributed by atoms with Crippen LogP contribution in [0.4, 0.5) is 5.69 Å². The first-order valence-corrected chi connectivity index (χ1v) is 7.71. The zero-order valence-electron chi connectivity index (χ0n) is 14.9. The molecule has 7 heteroatoms. The topological polar surface area (TPSA) is 100 Å². The second-order valence-electron chi connectivity index (χ2n) is 5.63. The molecule has 0 bridgehead atoms. The van der Waals surface area contributed by atoms with Crippen LogP contribution in [-0.2, 0) is 0 Å². The number of ether oxygens (including phenoxy) is 1. The van der Waals surface area contributed by atoms with Crippen molar-refractivity contribution in [1.29, 1.82) is 0 Å². The van der Waals surface area contributed by atoms with Crippen LogP contribution in [0.25, 0.3) is 0 Å². The predicted octanol–water partition coefficient (Wildman–Crippen LogP) is 2.45. The molecule has 0 saturated carbocycles. The molecule has 1 aromatic heterocycles. The molecule has 0 atom stereocenters. The fourth-order valence-electron chi connectivity index (χ4n) is 2.78. The third-order valence-corrected chi connectivity index (χ3v) is 3.95. The first-order valence-electron chi connectivity index (χ1n) is 7.71. The van der Waals surface area contributed by atoms with E-state index in [1.165, 1.54) is 27.1 Å². The molecule has 0 saturated heterocycles. The molecule has 0 radical (unpaired) electrons. The SMILES string of the molecule is CNC(=O)c1ccc(OC)c(NC(=O)c2[nH]c(C)c(C(C)=O)c2C)c1. The van der Waals surface area contributed by atoms with Gasteiger partial charge in [0.1, 0.15) is 11.4 Å². The van der Waals surface area contributed by atoms with Crippen LogP contribution < -0.4 is 15.4 Å². The number of benzene rings is 1. The summed E-state index contributed by atoms with van der Waals surface area (Å²) in [6, 6.07) is 4.74. The second-order valence-corrected chi connectivity index (χ2v) is 5.63. The number of aryl methyl sites for hydroxylation is 1. The monoisotopic (exact) mass is 343 g/mol. The molecule has 0 unspecified atom stereocenters. The molecule has 0 aliphatic rings. The van der Waals surface area contributed by atoms with Crippen molar-refractivity contribution in [2.75, 3.05) is 19.5 Å². The summed E-state index contributed by atoms with van der Waals surface area (Å²) >= 11 is 0. The summed E-state index contributed by atoms with van der Waals surface area (Å²) in [6.45, 7) is 4.92. The lowest BCUT2D eigenvalue weighted by Crippen LogP contribution is -2.19. The number of H-pyrrole nitrogens is 1. The number of amides is 2. The molecule has 7 nitrogen and oxygen atoms in total. The average molecular weight is 343 g/mol. The number of aromatic amines is 1. The molecule has 0 aliphatic carbocycles. The third-order valence-electron chi connectivity index (χ3n) is 3.95. The number of nitrogens with one attached hydrogen (secondary N) is 3. The Labute approximate surface area is 145 Å². The molecule has 1 aromatic carbocycles. The molecule has 0 fully saturated rings. The highest BCUT2D eigenvalue weighted by Gasteiger charge is 2.21. The summed E-state index contributed by atoms with van der Waals surface area (Å²) in [5.74, 6) is -0.373. The number of hydrogen-bond acceptors (Lipinski definition) is 4. The first-order chi connectivity index (χ1) is 11.8. The Morgan fingerprint density at radius 1 is 1.12 bits per heavy atom. The molecule has 2 amide bonds. The van der Waals surface area contributed by atoms with Gasteiger partial charge in [-0.05, 0) is 44.5 Å². The van der Waals surface area contributed by atoms with Gasteiger partial charge in [0.15, 0.2) is 5.78 Å². The minimum atomic E-state index is -0.416. The van der Waals surface area contributed by atoms with Crippen molar-refractivity contribution in [2.45, 2.75) is 20.8 Å². The number of methoxy groups -OCH3 is 1. The predicted molar refractivity (Wildman–Crippen MR) is 94.6 cm³/mol. The smallest absolute Gasteiger partial charge is 0.272 e. The number of carbonyl (C=O) groups is 3. The van der Waals surface area contributed by atoms with Crippen molar-refractivity contribution in [3.05, 3.63) is 46.3 Å². The summed E-state index contributed by atoms with van der Waals surface area (Å²) < 4.78 is 5.24. The number of hydrogen-bond donors (Lipinski definition) is 3. The lowest BCUT2D eigenvalue weighted by atomic mass is 10.1. The van der Waals surface area contributed by atoms with Crippen molar-refractivity contribution < 1.29 is 19.1 Å². The first kappa shape index (κ1) is 18.3. The quantitative estimate of drug-likeness (QED) is 0.726. The van der Waals surface area contributed by atoms with Gasteiger partial charge in [-0.1, -0.05) is 0 Å². The van der Waals surface area contributed by atoms with E-state index in [1.807, 2.05) is 0 Å². The van der Waals surface area contributed by atoms with Gasteiger partial charge in [-0.15, -0.1) is 0 Å². The van der Waals surface area contributed by atoms with Crippen LogP contribution in [0.5, 0.6) is 5.75 Å².